The van der Waals surface area contributed by atoms with Crippen LogP contribution in [0.5, 0.6) is 17.2 Å². The van der Waals surface area contributed by atoms with Crippen molar-refractivity contribution in [3.8, 4) is 17.2 Å². The molecular formula is C18H21ClN2O4. The number of carbonyl (C=O) groups excluding carboxylic acids is 1. The summed E-state index contributed by atoms with van der Waals surface area (Å²) >= 11 is 6.15. The zero-order chi connectivity index (χ0) is 18.4. The molecule has 0 saturated carbocycles. The molecule has 0 aliphatic carbocycles. The maximum Gasteiger partial charge on any atom is 0.246 e. The van der Waals surface area contributed by atoms with Gasteiger partial charge in [-0.05, 0) is 25.1 Å². The maximum absolute atomic E-state index is 12.5. The van der Waals surface area contributed by atoms with Crippen LogP contribution in [0.15, 0.2) is 36.4 Å². The average molecular weight is 365 g/mol. The van der Waals surface area contributed by atoms with Crippen LogP contribution in [0.1, 0.15) is 6.92 Å². The highest BCUT2D eigenvalue weighted by Gasteiger charge is 2.18. The lowest BCUT2D eigenvalue weighted by Gasteiger charge is -2.19. The topological polar surface area (TPSA) is 68.8 Å². The molecule has 0 heterocycles. The number of amides is 1. The van der Waals surface area contributed by atoms with Gasteiger partial charge in [-0.25, -0.2) is 0 Å². The molecule has 0 bridgehead atoms. The van der Waals surface area contributed by atoms with Crippen molar-refractivity contribution in [2.45, 2.75) is 13.0 Å². The minimum absolute atomic E-state index is 0.224. The zero-order valence-electron chi connectivity index (χ0n) is 14.6. The molecule has 0 fully saturated rings. The summed E-state index contributed by atoms with van der Waals surface area (Å²) in [6.45, 7) is 1.74. The zero-order valence-corrected chi connectivity index (χ0v) is 15.3. The summed E-state index contributed by atoms with van der Waals surface area (Å²) in [7, 11) is 4.61. The Labute approximate surface area is 152 Å². The molecule has 2 aromatic carbocycles. The third-order valence-corrected chi connectivity index (χ3v) is 3.90. The number of hydrogen-bond donors (Lipinski definition) is 2. The van der Waals surface area contributed by atoms with E-state index in [0.29, 0.717) is 33.6 Å². The van der Waals surface area contributed by atoms with Gasteiger partial charge in [0.2, 0.25) is 5.91 Å². The first-order valence-electron chi connectivity index (χ1n) is 7.62. The molecule has 2 N–H and O–H groups in total. The minimum atomic E-state index is -0.539. The van der Waals surface area contributed by atoms with E-state index in [9.17, 15) is 4.79 Å². The number of anilines is 2. The number of para-hydroxylation sites is 2. The monoisotopic (exact) mass is 364 g/mol. The van der Waals surface area contributed by atoms with Crippen molar-refractivity contribution < 1.29 is 19.0 Å². The molecule has 0 spiro atoms. The van der Waals surface area contributed by atoms with Crippen LogP contribution >= 0.6 is 11.6 Å². The van der Waals surface area contributed by atoms with Crippen molar-refractivity contribution in [3.63, 3.8) is 0 Å². The molecule has 25 heavy (non-hydrogen) atoms. The summed E-state index contributed by atoms with van der Waals surface area (Å²) < 4.78 is 15.7. The smallest absolute Gasteiger partial charge is 0.246 e. The van der Waals surface area contributed by atoms with Gasteiger partial charge in [-0.1, -0.05) is 23.7 Å². The predicted molar refractivity (Wildman–Crippen MR) is 99.3 cm³/mol. The Balaban J connectivity index is 2.15. The van der Waals surface area contributed by atoms with Gasteiger partial charge in [0.05, 0.1) is 37.7 Å². The lowest BCUT2D eigenvalue weighted by molar-refractivity contribution is -0.116. The molecule has 1 unspecified atom stereocenters. The fourth-order valence-electron chi connectivity index (χ4n) is 2.26. The van der Waals surface area contributed by atoms with Crippen molar-refractivity contribution in [3.05, 3.63) is 41.4 Å². The standard InChI is InChI=1S/C18H21ClN2O4/c1-11(18(22)21-13-7-5-6-8-15(13)23-2)20-14-9-12(19)16(24-3)10-17(14)25-4/h5-11,20H,1-4H3,(H,21,22). The Hall–Kier alpha value is -2.60. The third kappa shape index (κ3) is 4.48. The van der Waals surface area contributed by atoms with E-state index >= 15 is 0 Å². The van der Waals surface area contributed by atoms with Crippen molar-refractivity contribution in [1.82, 2.24) is 0 Å². The first kappa shape index (κ1) is 18.7. The molecule has 6 nitrogen and oxygen atoms in total. The maximum atomic E-state index is 12.5. The fraction of sp³-hybridized carbons (Fsp3) is 0.278. The van der Waals surface area contributed by atoms with Crippen LogP contribution in [0.3, 0.4) is 0 Å². The number of methoxy groups -OCH3 is 3. The van der Waals surface area contributed by atoms with Gasteiger partial charge in [-0.3, -0.25) is 4.79 Å². The molecule has 7 heteroatoms. The second-order valence-electron chi connectivity index (χ2n) is 5.24. The number of halogens is 1. The summed E-state index contributed by atoms with van der Waals surface area (Å²) in [5.74, 6) is 1.39. The molecule has 0 saturated heterocycles. The van der Waals surface area contributed by atoms with Crippen LogP contribution in [0.4, 0.5) is 11.4 Å². The number of carbonyl (C=O) groups is 1. The SMILES string of the molecule is COc1cc(OC)c(NC(C)C(=O)Nc2ccccc2OC)cc1Cl. The number of nitrogens with one attached hydrogen (secondary N) is 2. The molecule has 2 rings (SSSR count). The number of rotatable bonds is 7. The summed E-state index contributed by atoms with van der Waals surface area (Å²) in [6, 6.07) is 9.99. The molecule has 1 amide bonds. The Morgan fingerprint density at radius 3 is 2.24 bits per heavy atom. The Morgan fingerprint density at radius 2 is 1.60 bits per heavy atom. The average Bonchev–Trinajstić information content (AvgIpc) is 2.62. The third-order valence-electron chi connectivity index (χ3n) is 3.60. The first-order chi connectivity index (χ1) is 12.0. The highest BCUT2D eigenvalue weighted by molar-refractivity contribution is 6.32. The lowest BCUT2D eigenvalue weighted by atomic mass is 10.2. The van der Waals surface area contributed by atoms with Gasteiger partial charge in [-0.15, -0.1) is 0 Å². The summed E-state index contributed by atoms with van der Waals surface area (Å²) in [5.41, 5.74) is 1.19. The highest BCUT2D eigenvalue weighted by Crippen LogP contribution is 2.36. The van der Waals surface area contributed by atoms with E-state index in [2.05, 4.69) is 10.6 Å². The molecule has 0 aliphatic rings. The van der Waals surface area contributed by atoms with Crippen LogP contribution in [0, 0.1) is 0 Å². The molecular weight excluding hydrogens is 344 g/mol. The van der Waals surface area contributed by atoms with E-state index in [1.165, 1.54) is 14.2 Å². The second-order valence-corrected chi connectivity index (χ2v) is 5.65. The Morgan fingerprint density at radius 1 is 0.960 bits per heavy atom. The van der Waals surface area contributed by atoms with Crippen LogP contribution in [0.2, 0.25) is 5.02 Å². The highest BCUT2D eigenvalue weighted by atomic mass is 35.5. The van der Waals surface area contributed by atoms with Gasteiger partial charge in [-0.2, -0.15) is 0 Å². The van der Waals surface area contributed by atoms with E-state index in [-0.39, 0.29) is 5.91 Å². The van der Waals surface area contributed by atoms with E-state index in [1.54, 1.807) is 38.3 Å². The van der Waals surface area contributed by atoms with Gasteiger partial charge in [0.25, 0.3) is 0 Å². The Kier molecular flexibility index (Phi) is 6.36. The quantitative estimate of drug-likeness (QED) is 0.782. The van der Waals surface area contributed by atoms with Gasteiger partial charge >= 0.3 is 0 Å². The molecule has 0 aliphatic heterocycles. The fourth-order valence-corrected chi connectivity index (χ4v) is 2.50. The summed E-state index contributed by atoms with van der Waals surface area (Å²) in [5, 5.41) is 6.34. The van der Waals surface area contributed by atoms with Crippen LogP contribution in [-0.4, -0.2) is 33.3 Å². The molecule has 1 atom stereocenters. The lowest BCUT2D eigenvalue weighted by Crippen LogP contribution is -2.32. The van der Waals surface area contributed by atoms with Crippen LogP contribution in [-0.2, 0) is 4.79 Å². The number of benzene rings is 2. The van der Waals surface area contributed by atoms with E-state index in [0.717, 1.165) is 0 Å². The summed E-state index contributed by atoms with van der Waals surface area (Å²) in [6.07, 6.45) is 0. The van der Waals surface area contributed by atoms with Gasteiger partial charge < -0.3 is 24.8 Å². The Bertz CT molecular complexity index is 752. The van der Waals surface area contributed by atoms with Crippen LogP contribution < -0.4 is 24.8 Å². The molecule has 0 radical (unpaired) electrons. The molecule has 0 aromatic heterocycles. The summed E-state index contributed by atoms with van der Waals surface area (Å²) in [4.78, 5) is 12.5. The minimum Gasteiger partial charge on any atom is -0.495 e. The van der Waals surface area contributed by atoms with Gasteiger partial charge in [0.1, 0.15) is 23.3 Å². The normalized spacial score (nSPS) is 11.4. The first-order valence-corrected chi connectivity index (χ1v) is 7.99. The molecule has 134 valence electrons. The van der Waals surface area contributed by atoms with Crippen molar-refractivity contribution in [1.29, 1.82) is 0 Å². The largest absolute Gasteiger partial charge is 0.495 e. The molecule has 2 aromatic rings. The van der Waals surface area contributed by atoms with Crippen molar-refractivity contribution >= 4 is 28.9 Å². The van der Waals surface area contributed by atoms with E-state index < -0.39 is 6.04 Å². The van der Waals surface area contributed by atoms with Gasteiger partial charge in [0.15, 0.2) is 0 Å². The van der Waals surface area contributed by atoms with E-state index in [4.69, 9.17) is 25.8 Å². The predicted octanol–water partition coefficient (Wildman–Crippen LogP) is 3.80. The van der Waals surface area contributed by atoms with Crippen molar-refractivity contribution in [2.24, 2.45) is 0 Å². The van der Waals surface area contributed by atoms with Crippen LogP contribution in [0.25, 0.3) is 0 Å². The van der Waals surface area contributed by atoms with Crippen molar-refractivity contribution in [2.75, 3.05) is 32.0 Å². The van der Waals surface area contributed by atoms with Gasteiger partial charge in [0, 0.05) is 6.07 Å². The van der Waals surface area contributed by atoms with E-state index in [1.807, 2.05) is 12.1 Å². The number of ether oxygens (including phenoxy) is 3. The number of hydrogen-bond acceptors (Lipinski definition) is 5. The second kappa shape index (κ2) is 8.48.